The van der Waals surface area contributed by atoms with E-state index in [1.165, 1.54) is 0 Å². The van der Waals surface area contributed by atoms with E-state index in [1.54, 1.807) is 42.2 Å². The van der Waals surface area contributed by atoms with E-state index in [0.717, 1.165) is 5.56 Å². The molecule has 1 saturated heterocycles. The Hall–Kier alpha value is -2.77. The Morgan fingerprint density at radius 3 is 2.00 bits per heavy atom. The van der Waals surface area contributed by atoms with Gasteiger partial charge in [0.2, 0.25) is 5.91 Å². The normalized spacial score (nSPS) is 14.5. The van der Waals surface area contributed by atoms with Crippen molar-refractivity contribution in [2.45, 2.75) is 12.5 Å². The highest BCUT2D eigenvalue weighted by Crippen LogP contribution is 2.24. The molecule has 162 valence electrons. The van der Waals surface area contributed by atoms with Gasteiger partial charge in [0.15, 0.2) is 0 Å². The maximum Gasteiger partial charge on any atom is 0.254 e. The lowest BCUT2D eigenvalue weighted by molar-refractivity contribution is -0.134. The second-order valence-electron chi connectivity index (χ2n) is 7.02. The van der Waals surface area contributed by atoms with Gasteiger partial charge in [-0.05, 0) is 24.1 Å². The monoisotopic (exact) mass is 433 g/mol. The van der Waals surface area contributed by atoms with E-state index in [9.17, 15) is 9.59 Å². The van der Waals surface area contributed by atoms with Gasteiger partial charge in [0.1, 0.15) is 11.5 Å². The molecular weight excluding hydrogens is 406 g/mol. The first-order valence-corrected chi connectivity index (χ1v) is 9.62. The van der Waals surface area contributed by atoms with E-state index >= 15 is 0 Å². The molecule has 2 aromatic carbocycles. The van der Waals surface area contributed by atoms with Gasteiger partial charge in [-0.15, -0.1) is 12.4 Å². The lowest BCUT2D eigenvalue weighted by Gasteiger charge is -2.36. The van der Waals surface area contributed by atoms with Gasteiger partial charge in [-0.2, -0.15) is 0 Å². The predicted octanol–water partition coefficient (Wildman–Crippen LogP) is 1.98. The molecule has 1 aliphatic rings. The summed E-state index contributed by atoms with van der Waals surface area (Å²) >= 11 is 0. The average molecular weight is 434 g/mol. The van der Waals surface area contributed by atoms with Crippen LogP contribution in [0.15, 0.2) is 48.5 Å². The first-order chi connectivity index (χ1) is 14.0. The van der Waals surface area contributed by atoms with Crippen molar-refractivity contribution in [3.8, 4) is 11.5 Å². The molecule has 0 aromatic heterocycles. The van der Waals surface area contributed by atoms with Crippen molar-refractivity contribution in [2.24, 2.45) is 5.73 Å². The minimum atomic E-state index is -0.581. The Labute approximate surface area is 183 Å². The van der Waals surface area contributed by atoms with Gasteiger partial charge in [0, 0.05) is 37.8 Å². The summed E-state index contributed by atoms with van der Waals surface area (Å²) in [5.74, 6) is 0.939. The number of nitrogens with two attached hydrogens (primary N) is 1. The van der Waals surface area contributed by atoms with Gasteiger partial charge >= 0.3 is 0 Å². The van der Waals surface area contributed by atoms with Crippen molar-refractivity contribution in [1.82, 2.24) is 9.80 Å². The number of hydrogen-bond donors (Lipinski definition) is 1. The largest absolute Gasteiger partial charge is 0.497 e. The predicted molar refractivity (Wildman–Crippen MR) is 117 cm³/mol. The summed E-state index contributed by atoms with van der Waals surface area (Å²) in [6, 6.07) is 14.3. The number of rotatable bonds is 6. The molecular formula is C22H28ClN3O4. The summed E-state index contributed by atoms with van der Waals surface area (Å²) in [6.45, 7) is 1.85. The number of benzene rings is 2. The van der Waals surface area contributed by atoms with Crippen LogP contribution in [0.3, 0.4) is 0 Å². The molecule has 0 saturated carbocycles. The topological polar surface area (TPSA) is 85.1 Å². The number of carbonyl (C=O) groups is 2. The van der Waals surface area contributed by atoms with Crippen LogP contribution in [0.5, 0.6) is 11.5 Å². The first kappa shape index (κ1) is 23.5. The molecule has 1 aliphatic heterocycles. The van der Waals surface area contributed by atoms with E-state index in [4.69, 9.17) is 15.2 Å². The smallest absolute Gasteiger partial charge is 0.254 e. The number of ether oxygens (including phenoxy) is 2. The summed E-state index contributed by atoms with van der Waals surface area (Å²) < 4.78 is 10.5. The van der Waals surface area contributed by atoms with Crippen LogP contribution < -0.4 is 15.2 Å². The zero-order valence-corrected chi connectivity index (χ0v) is 18.1. The van der Waals surface area contributed by atoms with Crippen LogP contribution in [-0.4, -0.2) is 68.1 Å². The lowest BCUT2D eigenvalue weighted by Crippen LogP contribution is -2.54. The van der Waals surface area contributed by atoms with Crippen molar-refractivity contribution < 1.29 is 19.1 Å². The number of piperazine rings is 1. The third kappa shape index (κ3) is 5.64. The van der Waals surface area contributed by atoms with Crippen molar-refractivity contribution in [2.75, 3.05) is 40.4 Å². The molecule has 7 nitrogen and oxygen atoms in total. The molecule has 1 fully saturated rings. The highest BCUT2D eigenvalue weighted by molar-refractivity contribution is 5.95. The van der Waals surface area contributed by atoms with Gasteiger partial charge < -0.3 is 25.0 Å². The molecule has 2 amide bonds. The summed E-state index contributed by atoms with van der Waals surface area (Å²) in [7, 11) is 3.10. The third-order valence-corrected chi connectivity index (χ3v) is 5.09. The Morgan fingerprint density at radius 2 is 1.47 bits per heavy atom. The van der Waals surface area contributed by atoms with E-state index in [-0.39, 0.29) is 24.2 Å². The molecule has 2 aromatic rings. The van der Waals surface area contributed by atoms with Crippen molar-refractivity contribution >= 4 is 24.2 Å². The fraction of sp³-hybridized carbons (Fsp3) is 0.364. The van der Waals surface area contributed by atoms with Gasteiger partial charge in [0.25, 0.3) is 5.91 Å². The summed E-state index contributed by atoms with van der Waals surface area (Å²) in [4.78, 5) is 29.0. The highest BCUT2D eigenvalue weighted by atomic mass is 35.5. The minimum absolute atomic E-state index is 0. The molecule has 0 spiro atoms. The average Bonchev–Trinajstić information content (AvgIpc) is 2.78. The molecule has 1 atom stereocenters. The first-order valence-electron chi connectivity index (χ1n) is 9.62. The molecule has 1 unspecified atom stereocenters. The molecule has 30 heavy (non-hydrogen) atoms. The van der Waals surface area contributed by atoms with Crippen LogP contribution in [0.25, 0.3) is 0 Å². The van der Waals surface area contributed by atoms with Crippen LogP contribution in [0.4, 0.5) is 0 Å². The summed E-state index contributed by atoms with van der Waals surface area (Å²) in [5, 5.41) is 0. The number of halogens is 1. The second-order valence-corrected chi connectivity index (χ2v) is 7.02. The van der Waals surface area contributed by atoms with Gasteiger partial charge in [-0.3, -0.25) is 9.59 Å². The number of nitrogens with zero attached hydrogens (tertiary/aromatic N) is 2. The van der Waals surface area contributed by atoms with E-state index in [1.807, 2.05) is 30.3 Å². The maximum absolute atomic E-state index is 12.9. The molecule has 3 rings (SSSR count). The number of amides is 2. The summed E-state index contributed by atoms with van der Waals surface area (Å²) in [6.07, 6.45) is 0.502. The third-order valence-electron chi connectivity index (χ3n) is 5.09. The quantitative estimate of drug-likeness (QED) is 0.752. The Kier molecular flexibility index (Phi) is 8.50. The fourth-order valence-corrected chi connectivity index (χ4v) is 3.43. The zero-order valence-electron chi connectivity index (χ0n) is 17.2. The van der Waals surface area contributed by atoms with Crippen LogP contribution in [0.1, 0.15) is 15.9 Å². The molecule has 8 heteroatoms. The Bertz CT molecular complexity index is 832. The SMILES string of the molecule is COc1cc(OC)cc(C(=O)N2CCN(C(=O)C(N)Cc3ccccc3)CC2)c1.Cl. The number of carbonyl (C=O) groups excluding carboxylic acids is 2. The molecule has 0 radical (unpaired) electrons. The van der Waals surface area contributed by atoms with Crippen molar-refractivity contribution in [1.29, 1.82) is 0 Å². The standard InChI is InChI=1S/C22H27N3O4.ClH/c1-28-18-13-17(14-19(15-18)29-2)21(26)24-8-10-25(11-9-24)22(27)20(23)12-16-6-4-3-5-7-16;/h3-7,13-15,20H,8-12,23H2,1-2H3;1H. The summed E-state index contributed by atoms with van der Waals surface area (Å²) in [5.41, 5.74) is 7.67. The van der Waals surface area contributed by atoms with Gasteiger partial charge in [0.05, 0.1) is 20.3 Å². The highest BCUT2D eigenvalue weighted by Gasteiger charge is 2.28. The Balaban J connectivity index is 0.00000320. The zero-order chi connectivity index (χ0) is 20.8. The maximum atomic E-state index is 12.9. The van der Waals surface area contributed by atoms with Crippen LogP contribution in [0, 0.1) is 0 Å². The van der Waals surface area contributed by atoms with Crippen LogP contribution >= 0.6 is 12.4 Å². The number of hydrogen-bond acceptors (Lipinski definition) is 5. The molecule has 0 aliphatic carbocycles. The molecule has 1 heterocycles. The van der Waals surface area contributed by atoms with E-state index in [0.29, 0.717) is 49.7 Å². The van der Waals surface area contributed by atoms with Crippen LogP contribution in [-0.2, 0) is 11.2 Å². The van der Waals surface area contributed by atoms with E-state index < -0.39 is 6.04 Å². The molecule has 2 N–H and O–H groups in total. The van der Waals surface area contributed by atoms with Gasteiger partial charge in [-0.1, -0.05) is 30.3 Å². The fourth-order valence-electron chi connectivity index (χ4n) is 3.43. The Morgan fingerprint density at radius 1 is 0.933 bits per heavy atom. The van der Waals surface area contributed by atoms with E-state index in [2.05, 4.69) is 0 Å². The minimum Gasteiger partial charge on any atom is -0.497 e. The van der Waals surface area contributed by atoms with Gasteiger partial charge in [-0.25, -0.2) is 0 Å². The van der Waals surface area contributed by atoms with Crippen molar-refractivity contribution in [3.05, 3.63) is 59.7 Å². The molecule has 0 bridgehead atoms. The van der Waals surface area contributed by atoms with Crippen LogP contribution in [0.2, 0.25) is 0 Å². The lowest BCUT2D eigenvalue weighted by atomic mass is 10.1. The van der Waals surface area contributed by atoms with Crippen molar-refractivity contribution in [3.63, 3.8) is 0 Å². The number of methoxy groups -OCH3 is 2. The second kappa shape index (κ2) is 10.8.